The molecule has 1 aromatic carbocycles. The number of thiophene rings is 1. The average Bonchev–Trinajstić information content (AvgIpc) is 3.42. The zero-order valence-electron chi connectivity index (χ0n) is 17.7. The van der Waals surface area contributed by atoms with Gasteiger partial charge in [0.25, 0.3) is 5.91 Å². The van der Waals surface area contributed by atoms with E-state index in [2.05, 4.69) is 15.6 Å². The first kappa shape index (κ1) is 22.6. The SMILES string of the molecule is Cc1sc(NC(=O)c2ccco2)c([C@@H](Nc2cccc(C(F)(F)F)c2)c2cccnc2)c1C. The molecule has 5 nitrogen and oxygen atoms in total. The lowest BCUT2D eigenvalue weighted by Crippen LogP contribution is -2.17. The average molecular weight is 472 g/mol. The molecule has 33 heavy (non-hydrogen) atoms. The summed E-state index contributed by atoms with van der Waals surface area (Å²) in [6.45, 7) is 3.84. The Kier molecular flexibility index (Phi) is 6.24. The molecule has 0 aliphatic rings. The van der Waals surface area contributed by atoms with E-state index in [1.165, 1.54) is 23.7 Å². The summed E-state index contributed by atoms with van der Waals surface area (Å²) in [5.41, 5.74) is 1.96. The zero-order valence-corrected chi connectivity index (χ0v) is 18.6. The highest BCUT2D eigenvalue weighted by Gasteiger charge is 2.31. The summed E-state index contributed by atoms with van der Waals surface area (Å²) in [7, 11) is 0. The molecule has 3 aromatic heterocycles. The summed E-state index contributed by atoms with van der Waals surface area (Å²) in [5, 5.41) is 6.69. The summed E-state index contributed by atoms with van der Waals surface area (Å²) >= 11 is 1.39. The molecule has 0 radical (unpaired) electrons. The Morgan fingerprint density at radius 2 is 1.94 bits per heavy atom. The Hall–Kier alpha value is -3.59. The van der Waals surface area contributed by atoms with Gasteiger partial charge < -0.3 is 15.1 Å². The summed E-state index contributed by atoms with van der Waals surface area (Å²) in [5.74, 6) is -0.250. The van der Waals surface area contributed by atoms with Gasteiger partial charge in [0, 0.05) is 28.5 Å². The first-order chi connectivity index (χ1) is 15.7. The van der Waals surface area contributed by atoms with E-state index < -0.39 is 23.7 Å². The maximum atomic E-state index is 13.3. The van der Waals surface area contributed by atoms with Crippen LogP contribution in [0.2, 0.25) is 0 Å². The van der Waals surface area contributed by atoms with Crippen molar-refractivity contribution in [3.05, 3.63) is 100 Å². The highest BCUT2D eigenvalue weighted by molar-refractivity contribution is 7.16. The molecule has 0 spiro atoms. The standard InChI is InChI=1S/C24H20F3N3O2S/c1-14-15(2)33-23(30-22(31)19-9-5-11-32-19)20(14)21(16-6-4-10-28-13-16)29-18-8-3-7-17(12-18)24(25,26)27/h3-13,21,29H,1-2H3,(H,30,31)/t21-/m0/s1. The number of alkyl halides is 3. The molecule has 0 aliphatic heterocycles. The Morgan fingerprint density at radius 3 is 2.61 bits per heavy atom. The fourth-order valence-electron chi connectivity index (χ4n) is 3.48. The van der Waals surface area contributed by atoms with Gasteiger partial charge in [-0.05, 0) is 61.4 Å². The normalized spacial score (nSPS) is 12.4. The molecule has 0 fully saturated rings. The van der Waals surface area contributed by atoms with E-state index in [9.17, 15) is 18.0 Å². The topological polar surface area (TPSA) is 67.2 Å². The van der Waals surface area contributed by atoms with Gasteiger partial charge in [0.05, 0.1) is 17.9 Å². The van der Waals surface area contributed by atoms with E-state index >= 15 is 0 Å². The summed E-state index contributed by atoms with van der Waals surface area (Å²) in [6.07, 6.45) is 0.221. The van der Waals surface area contributed by atoms with Gasteiger partial charge in [-0.15, -0.1) is 11.3 Å². The van der Waals surface area contributed by atoms with Crippen molar-refractivity contribution in [3.63, 3.8) is 0 Å². The Balaban J connectivity index is 1.77. The van der Waals surface area contributed by atoms with Gasteiger partial charge in [-0.25, -0.2) is 0 Å². The molecule has 4 aromatic rings. The molecular weight excluding hydrogens is 451 g/mol. The fraction of sp³-hybridized carbons (Fsp3) is 0.167. The van der Waals surface area contributed by atoms with Crippen LogP contribution in [0.4, 0.5) is 23.9 Å². The number of carbonyl (C=O) groups excluding carboxylic acids is 1. The Bertz CT molecular complexity index is 1250. The third-order valence-corrected chi connectivity index (χ3v) is 6.35. The minimum atomic E-state index is -4.46. The molecule has 0 unspecified atom stereocenters. The number of hydrogen-bond donors (Lipinski definition) is 2. The van der Waals surface area contributed by atoms with Crippen molar-refractivity contribution < 1.29 is 22.4 Å². The van der Waals surface area contributed by atoms with Gasteiger partial charge in [-0.2, -0.15) is 13.2 Å². The number of furan rings is 1. The second kappa shape index (κ2) is 9.11. The highest BCUT2D eigenvalue weighted by Crippen LogP contribution is 2.41. The number of amides is 1. The molecule has 3 heterocycles. The lowest BCUT2D eigenvalue weighted by Gasteiger charge is -2.23. The molecule has 9 heteroatoms. The van der Waals surface area contributed by atoms with E-state index in [4.69, 9.17) is 4.42 Å². The van der Waals surface area contributed by atoms with Crippen LogP contribution in [-0.4, -0.2) is 10.9 Å². The molecule has 0 bridgehead atoms. The van der Waals surface area contributed by atoms with Crippen LogP contribution in [0.1, 0.15) is 43.7 Å². The second-order valence-corrected chi connectivity index (χ2v) is 8.62. The van der Waals surface area contributed by atoms with Crippen LogP contribution in [-0.2, 0) is 6.18 Å². The zero-order chi connectivity index (χ0) is 23.6. The molecule has 2 N–H and O–H groups in total. The molecule has 0 aliphatic carbocycles. The van der Waals surface area contributed by atoms with E-state index in [1.807, 2.05) is 19.9 Å². The predicted octanol–water partition coefficient (Wildman–Crippen LogP) is 6.83. The van der Waals surface area contributed by atoms with Crippen molar-refractivity contribution in [1.82, 2.24) is 4.98 Å². The first-order valence-corrected chi connectivity index (χ1v) is 10.8. The number of nitrogens with zero attached hydrogens (tertiary/aromatic N) is 1. The van der Waals surface area contributed by atoms with Crippen molar-refractivity contribution in [2.45, 2.75) is 26.1 Å². The van der Waals surface area contributed by atoms with Crippen molar-refractivity contribution in [3.8, 4) is 0 Å². The van der Waals surface area contributed by atoms with Crippen molar-refractivity contribution in [2.75, 3.05) is 10.6 Å². The number of anilines is 2. The smallest absolute Gasteiger partial charge is 0.416 e. The molecule has 1 atom stereocenters. The number of pyridine rings is 1. The van der Waals surface area contributed by atoms with E-state index in [-0.39, 0.29) is 5.76 Å². The van der Waals surface area contributed by atoms with Gasteiger partial charge >= 0.3 is 6.18 Å². The minimum Gasteiger partial charge on any atom is -0.459 e. The number of rotatable bonds is 6. The van der Waals surface area contributed by atoms with Gasteiger partial charge in [-0.1, -0.05) is 12.1 Å². The Morgan fingerprint density at radius 1 is 1.12 bits per heavy atom. The van der Waals surface area contributed by atoms with Gasteiger partial charge in [0.1, 0.15) is 5.00 Å². The lowest BCUT2D eigenvalue weighted by molar-refractivity contribution is -0.137. The van der Waals surface area contributed by atoms with Crippen molar-refractivity contribution in [1.29, 1.82) is 0 Å². The fourth-order valence-corrected chi connectivity index (χ4v) is 4.57. The number of aromatic nitrogens is 1. The maximum Gasteiger partial charge on any atom is 0.416 e. The summed E-state index contributed by atoms with van der Waals surface area (Å²) < 4.78 is 45.0. The minimum absolute atomic E-state index is 0.161. The van der Waals surface area contributed by atoms with Gasteiger partial charge in [0.2, 0.25) is 0 Å². The number of hydrogen-bond acceptors (Lipinski definition) is 5. The molecule has 0 saturated heterocycles. The predicted molar refractivity (Wildman–Crippen MR) is 122 cm³/mol. The third kappa shape index (κ3) is 4.93. The number of nitrogens with one attached hydrogen (secondary N) is 2. The van der Waals surface area contributed by atoms with Crippen molar-refractivity contribution in [2.24, 2.45) is 0 Å². The van der Waals surface area contributed by atoms with Gasteiger partial charge in [0.15, 0.2) is 5.76 Å². The molecule has 170 valence electrons. The van der Waals surface area contributed by atoms with Gasteiger partial charge in [-0.3, -0.25) is 9.78 Å². The molecule has 4 rings (SSSR count). The number of halogens is 3. The van der Waals surface area contributed by atoms with E-state index in [1.54, 1.807) is 36.7 Å². The largest absolute Gasteiger partial charge is 0.459 e. The van der Waals surface area contributed by atoms with Crippen LogP contribution in [0.25, 0.3) is 0 Å². The monoisotopic (exact) mass is 471 g/mol. The first-order valence-electron chi connectivity index (χ1n) is 10.0. The number of benzene rings is 1. The number of aryl methyl sites for hydroxylation is 1. The van der Waals surface area contributed by atoms with Crippen LogP contribution < -0.4 is 10.6 Å². The molecule has 1 amide bonds. The van der Waals surface area contributed by atoms with Crippen LogP contribution in [0.5, 0.6) is 0 Å². The Labute approximate surface area is 192 Å². The third-order valence-electron chi connectivity index (χ3n) is 5.21. The van der Waals surface area contributed by atoms with Crippen LogP contribution in [0.3, 0.4) is 0 Å². The molecular formula is C24H20F3N3O2S. The van der Waals surface area contributed by atoms with E-state index in [0.29, 0.717) is 10.7 Å². The van der Waals surface area contributed by atoms with Crippen molar-refractivity contribution >= 4 is 27.9 Å². The maximum absolute atomic E-state index is 13.3. The lowest BCUT2D eigenvalue weighted by atomic mass is 9.97. The van der Waals surface area contributed by atoms with Crippen LogP contribution >= 0.6 is 11.3 Å². The highest BCUT2D eigenvalue weighted by atomic mass is 32.1. The molecule has 0 saturated carbocycles. The quantitative estimate of drug-likeness (QED) is 0.324. The van der Waals surface area contributed by atoms with Crippen LogP contribution in [0.15, 0.2) is 71.6 Å². The number of carbonyl (C=O) groups is 1. The summed E-state index contributed by atoms with van der Waals surface area (Å²) in [6, 6.07) is 11.2. The van der Waals surface area contributed by atoms with E-state index in [0.717, 1.165) is 33.7 Å². The second-order valence-electron chi connectivity index (χ2n) is 7.40. The van der Waals surface area contributed by atoms with Crippen LogP contribution in [0, 0.1) is 13.8 Å². The summed E-state index contributed by atoms with van der Waals surface area (Å²) in [4.78, 5) is 17.8.